The van der Waals surface area contributed by atoms with Crippen LogP contribution in [0, 0.1) is 5.41 Å². The second-order valence-corrected chi connectivity index (χ2v) is 7.24. The smallest absolute Gasteiger partial charge is 0.317 e. The molecule has 0 spiro atoms. The summed E-state index contributed by atoms with van der Waals surface area (Å²) < 4.78 is 11.3. The molecular weight excluding hydrogens is 338 g/mol. The number of carbonyl (C=O) groups excluding carboxylic acids is 1. The minimum absolute atomic E-state index is 0.0537. The molecule has 2 heterocycles. The van der Waals surface area contributed by atoms with Crippen molar-refractivity contribution in [3.63, 3.8) is 0 Å². The normalized spacial score (nSPS) is 28.0. The highest BCUT2D eigenvalue weighted by Gasteiger charge is 2.62. The fraction of sp³-hybridized carbons (Fsp3) is 0.350. The summed E-state index contributed by atoms with van der Waals surface area (Å²) in [6.07, 6.45) is 0. The quantitative estimate of drug-likeness (QED) is 0.769. The zero-order chi connectivity index (χ0) is 17.6. The van der Waals surface area contributed by atoms with Crippen molar-refractivity contribution >= 4 is 17.6 Å². The summed E-state index contributed by atoms with van der Waals surface area (Å²) in [7, 11) is 3.50. The Labute approximate surface area is 152 Å². The van der Waals surface area contributed by atoms with E-state index in [9.17, 15) is 4.79 Å². The van der Waals surface area contributed by atoms with Gasteiger partial charge in [0.25, 0.3) is 0 Å². The van der Waals surface area contributed by atoms with Gasteiger partial charge in [0, 0.05) is 23.0 Å². The third-order valence-electron chi connectivity index (χ3n) is 5.52. The Balaban J connectivity index is 1.90. The number of nitrogens with zero attached hydrogens (tertiary/aromatic N) is 1. The Bertz CT molecular complexity index is 824. The first-order valence-electron chi connectivity index (χ1n) is 8.34. The number of hydrogen-bond donors (Lipinski definition) is 0. The molecule has 0 unspecified atom stereocenters. The number of likely N-dealkylation sites (N-methyl/N-ethyl adjacent to an activating group) is 1. The Morgan fingerprint density at radius 2 is 2.08 bits per heavy atom. The van der Waals surface area contributed by atoms with Crippen LogP contribution in [0.4, 0.5) is 0 Å². The minimum atomic E-state index is -0.789. The van der Waals surface area contributed by atoms with Crippen LogP contribution in [-0.4, -0.2) is 38.2 Å². The SMILES string of the molecule is COC(=O)[C@]12COc3ccccc3[C@H]1N(C)C[C@H]2c1cccc(Cl)c1. The monoisotopic (exact) mass is 357 g/mol. The molecule has 0 radical (unpaired) electrons. The number of esters is 1. The van der Waals surface area contributed by atoms with Crippen LogP contribution in [-0.2, 0) is 9.53 Å². The average molecular weight is 358 g/mol. The molecule has 0 aromatic heterocycles. The number of methoxy groups -OCH3 is 1. The van der Waals surface area contributed by atoms with Crippen LogP contribution in [0.3, 0.4) is 0 Å². The second-order valence-electron chi connectivity index (χ2n) is 6.81. The van der Waals surface area contributed by atoms with E-state index in [1.807, 2.05) is 48.5 Å². The van der Waals surface area contributed by atoms with Crippen molar-refractivity contribution in [1.82, 2.24) is 4.90 Å². The van der Waals surface area contributed by atoms with Crippen molar-refractivity contribution in [1.29, 1.82) is 0 Å². The largest absolute Gasteiger partial charge is 0.492 e. The minimum Gasteiger partial charge on any atom is -0.492 e. The number of hydrogen-bond acceptors (Lipinski definition) is 4. The maximum Gasteiger partial charge on any atom is 0.317 e. The van der Waals surface area contributed by atoms with Crippen LogP contribution in [0.15, 0.2) is 48.5 Å². The summed E-state index contributed by atoms with van der Waals surface area (Å²) >= 11 is 6.21. The lowest BCUT2D eigenvalue weighted by Crippen LogP contribution is -2.48. The van der Waals surface area contributed by atoms with Crippen molar-refractivity contribution < 1.29 is 14.3 Å². The third-order valence-corrected chi connectivity index (χ3v) is 5.75. The van der Waals surface area contributed by atoms with Gasteiger partial charge in [-0.2, -0.15) is 0 Å². The molecule has 0 aliphatic carbocycles. The third kappa shape index (κ3) is 2.35. The van der Waals surface area contributed by atoms with Gasteiger partial charge < -0.3 is 9.47 Å². The van der Waals surface area contributed by atoms with Crippen molar-refractivity contribution in [3.8, 4) is 5.75 Å². The predicted octanol–water partition coefficient (Wildman–Crippen LogP) is 3.66. The lowest BCUT2D eigenvalue weighted by atomic mass is 9.68. The van der Waals surface area contributed by atoms with Crippen LogP contribution in [0.1, 0.15) is 23.1 Å². The van der Waals surface area contributed by atoms with Crippen molar-refractivity contribution in [3.05, 3.63) is 64.7 Å². The van der Waals surface area contributed by atoms with E-state index in [0.29, 0.717) is 11.6 Å². The molecule has 0 amide bonds. The fourth-order valence-electron chi connectivity index (χ4n) is 4.50. The van der Waals surface area contributed by atoms with E-state index < -0.39 is 5.41 Å². The molecule has 1 saturated heterocycles. The number of para-hydroxylation sites is 1. The van der Waals surface area contributed by atoms with Gasteiger partial charge in [-0.05, 0) is 30.8 Å². The van der Waals surface area contributed by atoms with Crippen molar-refractivity contribution in [2.75, 3.05) is 27.3 Å². The summed E-state index contributed by atoms with van der Waals surface area (Å²) in [6.45, 7) is 1.03. The summed E-state index contributed by atoms with van der Waals surface area (Å²) in [4.78, 5) is 15.3. The molecule has 1 fully saturated rings. The van der Waals surface area contributed by atoms with E-state index >= 15 is 0 Å². The molecule has 0 saturated carbocycles. The fourth-order valence-corrected chi connectivity index (χ4v) is 4.70. The van der Waals surface area contributed by atoms with Gasteiger partial charge in [0.05, 0.1) is 13.2 Å². The van der Waals surface area contributed by atoms with Crippen molar-refractivity contribution in [2.45, 2.75) is 12.0 Å². The number of carbonyl (C=O) groups is 1. The molecule has 0 bridgehead atoms. The zero-order valence-corrected chi connectivity index (χ0v) is 15.0. The average Bonchev–Trinajstić information content (AvgIpc) is 2.95. The molecule has 2 aliphatic heterocycles. The van der Waals surface area contributed by atoms with Crippen molar-refractivity contribution in [2.24, 2.45) is 5.41 Å². The second kappa shape index (κ2) is 6.04. The van der Waals surface area contributed by atoms with Gasteiger partial charge in [-0.3, -0.25) is 9.69 Å². The molecule has 0 N–H and O–H groups in total. The van der Waals surface area contributed by atoms with Crippen LogP contribution < -0.4 is 4.74 Å². The van der Waals surface area contributed by atoms with E-state index in [-0.39, 0.29) is 17.9 Å². The Morgan fingerprint density at radius 1 is 1.28 bits per heavy atom. The molecule has 130 valence electrons. The molecule has 4 rings (SSSR count). The maximum atomic E-state index is 13.0. The highest BCUT2D eigenvalue weighted by Crippen LogP contribution is 2.58. The highest BCUT2D eigenvalue weighted by molar-refractivity contribution is 6.30. The van der Waals surface area contributed by atoms with Crippen LogP contribution in [0.25, 0.3) is 0 Å². The predicted molar refractivity (Wildman–Crippen MR) is 96.0 cm³/mol. The molecule has 2 aliphatic rings. The van der Waals surface area contributed by atoms with E-state index in [1.165, 1.54) is 7.11 Å². The van der Waals surface area contributed by atoms with Gasteiger partial charge in [0.1, 0.15) is 17.8 Å². The molecule has 25 heavy (non-hydrogen) atoms. The number of likely N-dealkylation sites (tertiary alicyclic amines) is 1. The lowest BCUT2D eigenvalue weighted by molar-refractivity contribution is -0.159. The Hall–Kier alpha value is -2.04. The van der Waals surface area contributed by atoms with E-state index in [2.05, 4.69) is 11.9 Å². The van der Waals surface area contributed by atoms with E-state index in [4.69, 9.17) is 21.1 Å². The maximum absolute atomic E-state index is 13.0. The Morgan fingerprint density at radius 3 is 2.84 bits per heavy atom. The van der Waals surface area contributed by atoms with Gasteiger partial charge in [-0.1, -0.05) is 41.9 Å². The van der Waals surface area contributed by atoms with Gasteiger partial charge >= 0.3 is 5.97 Å². The summed E-state index contributed by atoms with van der Waals surface area (Å²) in [5.74, 6) is 0.550. The summed E-state index contributed by atoms with van der Waals surface area (Å²) in [5.41, 5.74) is 1.28. The first-order valence-corrected chi connectivity index (χ1v) is 8.71. The van der Waals surface area contributed by atoms with Crippen LogP contribution >= 0.6 is 11.6 Å². The van der Waals surface area contributed by atoms with Gasteiger partial charge in [0.15, 0.2) is 0 Å². The number of rotatable bonds is 2. The van der Waals surface area contributed by atoms with Gasteiger partial charge in [0.2, 0.25) is 0 Å². The van der Waals surface area contributed by atoms with Gasteiger partial charge in [-0.25, -0.2) is 0 Å². The lowest BCUT2D eigenvalue weighted by Gasteiger charge is -2.42. The topological polar surface area (TPSA) is 38.8 Å². The molecule has 5 heteroatoms. The Kier molecular flexibility index (Phi) is 3.97. The zero-order valence-electron chi connectivity index (χ0n) is 14.2. The summed E-state index contributed by atoms with van der Waals surface area (Å²) in [6, 6.07) is 15.6. The molecular formula is C20H20ClNO3. The standard InChI is InChI=1S/C20H20ClNO3/c1-22-11-16(13-6-5-7-14(21)10-13)20(19(23)24-2)12-25-17-9-4-3-8-15(17)18(20)22/h3-10,16,18H,11-12H2,1-2H3/t16-,18+,20-/m0/s1. The summed E-state index contributed by atoms with van der Waals surface area (Å²) in [5, 5.41) is 0.667. The van der Waals surface area contributed by atoms with Gasteiger partial charge in [-0.15, -0.1) is 0 Å². The molecule has 2 aromatic carbocycles. The van der Waals surface area contributed by atoms with E-state index in [0.717, 1.165) is 23.4 Å². The molecule has 2 aromatic rings. The number of halogens is 1. The van der Waals surface area contributed by atoms with Crippen LogP contribution in [0.5, 0.6) is 5.75 Å². The van der Waals surface area contributed by atoms with Crippen LogP contribution in [0.2, 0.25) is 5.02 Å². The first kappa shape index (κ1) is 16.4. The highest BCUT2D eigenvalue weighted by atomic mass is 35.5. The number of ether oxygens (including phenoxy) is 2. The van der Waals surface area contributed by atoms with E-state index in [1.54, 1.807) is 0 Å². The molecule has 3 atom stereocenters. The first-order chi connectivity index (χ1) is 12.1. The number of benzene rings is 2. The molecule has 4 nitrogen and oxygen atoms in total. The number of fused-ring (bicyclic) bond motifs is 3.